The Morgan fingerprint density at radius 3 is 2.38 bits per heavy atom. The van der Waals surface area contributed by atoms with Crippen LogP contribution in [0.2, 0.25) is 0 Å². The van der Waals surface area contributed by atoms with Gasteiger partial charge in [-0.2, -0.15) is 0 Å². The van der Waals surface area contributed by atoms with Gasteiger partial charge in [0, 0.05) is 6.04 Å². The highest BCUT2D eigenvalue weighted by Crippen LogP contribution is 2.28. The number of nitrogens with zero attached hydrogens (tertiary/aromatic N) is 1. The molecule has 6 nitrogen and oxygen atoms in total. The van der Waals surface area contributed by atoms with Crippen molar-refractivity contribution < 1.29 is 18.8 Å². The van der Waals surface area contributed by atoms with Crippen LogP contribution in [-0.4, -0.2) is 35.3 Å². The van der Waals surface area contributed by atoms with E-state index in [1.807, 2.05) is 6.92 Å². The summed E-state index contributed by atoms with van der Waals surface area (Å²) in [5.41, 5.74) is -0.848. The molecule has 1 aromatic carbocycles. The molecule has 1 fully saturated rings. The van der Waals surface area contributed by atoms with Crippen LogP contribution >= 0.6 is 0 Å². The van der Waals surface area contributed by atoms with Gasteiger partial charge in [-0.05, 0) is 50.3 Å². The number of halogens is 1. The first-order chi connectivity index (χ1) is 12.1. The van der Waals surface area contributed by atoms with E-state index in [2.05, 4.69) is 24.5 Å². The number of hydrogen-bond acceptors (Lipinski definition) is 3. The molecular formula is C19H26FN3O3. The van der Waals surface area contributed by atoms with Crippen molar-refractivity contribution >= 4 is 17.8 Å². The first-order valence-corrected chi connectivity index (χ1v) is 8.83. The second-order valence-electron chi connectivity index (χ2n) is 7.39. The minimum absolute atomic E-state index is 0.0332. The highest BCUT2D eigenvalue weighted by Gasteiger charge is 2.49. The minimum atomic E-state index is -1.31. The standard InChI is InChI=1S/C19H26FN3O3/c1-12(2)5-6-13(3)21-16(24)11-23-17(25)19(4,22-18(23)26)14-7-9-15(20)10-8-14/h7-10,12-13H,5-6,11H2,1-4H3,(H,21,24)(H,22,26)/t13-,19-/m0/s1. The summed E-state index contributed by atoms with van der Waals surface area (Å²) >= 11 is 0. The molecule has 0 aliphatic carbocycles. The van der Waals surface area contributed by atoms with E-state index in [-0.39, 0.29) is 18.5 Å². The minimum Gasteiger partial charge on any atom is -0.352 e. The normalized spacial score (nSPS) is 21.1. The number of amides is 4. The number of imide groups is 1. The van der Waals surface area contributed by atoms with E-state index in [9.17, 15) is 18.8 Å². The Morgan fingerprint density at radius 1 is 1.19 bits per heavy atom. The van der Waals surface area contributed by atoms with E-state index in [1.165, 1.54) is 24.3 Å². The van der Waals surface area contributed by atoms with Crippen molar-refractivity contribution in [2.45, 2.75) is 52.1 Å². The Balaban J connectivity index is 2.02. The molecule has 0 bridgehead atoms. The summed E-state index contributed by atoms with van der Waals surface area (Å²) in [7, 11) is 0. The summed E-state index contributed by atoms with van der Waals surface area (Å²) in [6, 6.07) is 4.69. The van der Waals surface area contributed by atoms with E-state index in [4.69, 9.17) is 0 Å². The van der Waals surface area contributed by atoms with Crippen LogP contribution in [0.15, 0.2) is 24.3 Å². The van der Waals surface area contributed by atoms with Crippen LogP contribution in [0, 0.1) is 11.7 Å². The maximum absolute atomic E-state index is 13.1. The summed E-state index contributed by atoms with van der Waals surface area (Å²) in [4.78, 5) is 38.0. The van der Waals surface area contributed by atoms with Crippen molar-refractivity contribution in [3.63, 3.8) is 0 Å². The SMILES string of the molecule is CC(C)CC[C@H](C)NC(=O)CN1C(=O)N[C@@](C)(c2ccc(F)cc2)C1=O. The third-order valence-corrected chi connectivity index (χ3v) is 4.58. The van der Waals surface area contributed by atoms with E-state index in [0.717, 1.165) is 17.7 Å². The van der Waals surface area contributed by atoms with Crippen LogP contribution in [0.3, 0.4) is 0 Å². The Bertz CT molecular complexity index is 690. The van der Waals surface area contributed by atoms with Crippen molar-refractivity contribution in [3.8, 4) is 0 Å². The lowest BCUT2D eigenvalue weighted by Gasteiger charge is -2.22. The molecule has 7 heteroatoms. The average Bonchev–Trinajstić information content (AvgIpc) is 2.77. The third kappa shape index (κ3) is 4.39. The monoisotopic (exact) mass is 363 g/mol. The van der Waals surface area contributed by atoms with Crippen molar-refractivity contribution in [1.82, 2.24) is 15.5 Å². The molecule has 1 aromatic rings. The van der Waals surface area contributed by atoms with Gasteiger partial charge in [0.1, 0.15) is 17.9 Å². The fraction of sp³-hybridized carbons (Fsp3) is 0.526. The van der Waals surface area contributed by atoms with Crippen molar-refractivity contribution in [2.24, 2.45) is 5.92 Å². The van der Waals surface area contributed by atoms with E-state index in [0.29, 0.717) is 11.5 Å². The van der Waals surface area contributed by atoms with Crippen LogP contribution in [0.5, 0.6) is 0 Å². The van der Waals surface area contributed by atoms with Gasteiger partial charge in [0.05, 0.1) is 0 Å². The number of benzene rings is 1. The molecule has 0 radical (unpaired) electrons. The summed E-state index contributed by atoms with van der Waals surface area (Å²) in [6.45, 7) is 7.32. The molecule has 0 aromatic heterocycles. The van der Waals surface area contributed by atoms with Gasteiger partial charge in [0.2, 0.25) is 5.91 Å². The van der Waals surface area contributed by atoms with Crippen LogP contribution in [0.25, 0.3) is 0 Å². The zero-order valence-electron chi connectivity index (χ0n) is 15.6. The predicted octanol–water partition coefficient (Wildman–Crippen LogP) is 2.53. The van der Waals surface area contributed by atoms with E-state index < -0.39 is 23.3 Å². The summed E-state index contributed by atoms with van der Waals surface area (Å²) in [5.74, 6) is -0.801. The van der Waals surface area contributed by atoms with Crippen molar-refractivity contribution in [3.05, 3.63) is 35.6 Å². The molecule has 1 saturated heterocycles. The zero-order valence-corrected chi connectivity index (χ0v) is 15.6. The number of rotatable bonds is 7. The first-order valence-electron chi connectivity index (χ1n) is 8.83. The van der Waals surface area contributed by atoms with Gasteiger partial charge in [0.25, 0.3) is 5.91 Å². The fourth-order valence-corrected chi connectivity index (χ4v) is 2.94. The van der Waals surface area contributed by atoms with Gasteiger partial charge in [-0.15, -0.1) is 0 Å². The Hall–Kier alpha value is -2.44. The molecule has 1 heterocycles. The molecule has 0 spiro atoms. The molecule has 2 N–H and O–H groups in total. The van der Waals surface area contributed by atoms with E-state index in [1.54, 1.807) is 6.92 Å². The first kappa shape index (κ1) is 19.9. The Kier molecular flexibility index (Phi) is 6.00. The van der Waals surface area contributed by atoms with Crippen LogP contribution < -0.4 is 10.6 Å². The molecule has 1 aliphatic heterocycles. The van der Waals surface area contributed by atoms with Crippen LogP contribution in [-0.2, 0) is 15.1 Å². The molecule has 2 atom stereocenters. The summed E-state index contributed by atoms with van der Waals surface area (Å²) in [5, 5.41) is 5.42. The van der Waals surface area contributed by atoms with Gasteiger partial charge in [0.15, 0.2) is 0 Å². The molecule has 4 amide bonds. The maximum Gasteiger partial charge on any atom is 0.325 e. The topological polar surface area (TPSA) is 78.5 Å². The highest BCUT2D eigenvalue weighted by molar-refractivity contribution is 6.09. The number of urea groups is 1. The number of carbonyl (C=O) groups is 3. The second-order valence-corrected chi connectivity index (χ2v) is 7.39. The van der Waals surface area contributed by atoms with Crippen LogP contribution in [0.1, 0.15) is 46.1 Å². The van der Waals surface area contributed by atoms with Gasteiger partial charge in [-0.25, -0.2) is 9.18 Å². The number of hydrogen-bond donors (Lipinski definition) is 2. The molecular weight excluding hydrogens is 337 g/mol. The molecule has 2 rings (SSSR count). The van der Waals surface area contributed by atoms with Gasteiger partial charge in [-0.3, -0.25) is 14.5 Å². The van der Waals surface area contributed by atoms with Gasteiger partial charge >= 0.3 is 6.03 Å². The molecule has 142 valence electrons. The van der Waals surface area contributed by atoms with Crippen molar-refractivity contribution in [1.29, 1.82) is 0 Å². The highest BCUT2D eigenvalue weighted by atomic mass is 19.1. The molecule has 0 unspecified atom stereocenters. The molecule has 1 aliphatic rings. The maximum atomic E-state index is 13.1. The molecule has 0 saturated carbocycles. The lowest BCUT2D eigenvalue weighted by Crippen LogP contribution is -2.45. The van der Waals surface area contributed by atoms with E-state index >= 15 is 0 Å². The average molecular weight is 363 g/mol. The molecule has 26 heavy (non-hydrogen) atoms. The number of carbonyl (C=O) groups excluding carboxylic acids is 3. The Labute approximate surface area is 153 Å². The Morgan fingerprint density at radius 2 is 1.81 bits per heavy atom. The van der Waals surface area contributed by atoms with Gasteiger partial charge < -0.3 is 10.6 Å². The summed E-state index contributed by atoms with van der Waals surface area (Å²) in [6.07, 6.45) is 1.81. The smallest absolute Gasteiger partial charge is 0.325 e. The lowest BCUT2D eigenvalue weighted by molar-refractivity contribution is -0.135. The fourth-order valence-electron chi connectivity index (χ4n) is 2.94. The van der Waals surface area contributed by atoms with Crippen molar-refractivity contribution in [2.75, 3.05) is 6.54 Å². The third-order valence-electron chi connectivity index (χ3n) is 4.58. The van der Waals surface area contributed by atoms with Crippen LogP contribution in [0.4, 0.5) is 9.18 Å². The predicted molar refractivity (Wildman–Crippen MR) is 95.7 cm³/mol. The largest absolute Gasteiger partial charge is 0.352 e. The summed E-state index contributed by atoms with van der Waals surface area (Å²) < 4.78 is 13.1. The van der Waals surface area contributed by atoms with Gasteiger partial charge in [-0.1, -0.05) is 26.0 Å². The second kappa shape index (κ2) is 7.85. The quantitative estimate of drug-likeness (QED) is 0.731. The zero-order chi connectivity index (χ0) is 19.5. The number of nitrogens with one attached hydrogen (secondary N) is 2. The lowest BCUT2D eigenvalue weighted by atomic mass is 9.92.